The van der Waals surface area contributed by atoms with Gasteiger partial charge in [0.05, 0.1) is 23.7 Å². The lowest BCUT2D eigenvalue weighted by Crippen LogP contribution is -2.15. The molecule has 0 spiro atoms. The van der Waals surface area contributed by atoms with Crippen LogP contribution in [-0.2, 0) is 22.3 Å². The Labute approximate surface area is 252 Å². The number of carbonyl (C=O) groups excluding carboxylic acids is 3. The fourth-order valence-corrected chi connectivity index (χ4v) is 6.95. The van der Waals surface area contributed by atoms with Gasteiger partial charge in [0.1, 0.15) is 9.88 Å². The lowest BCUT2D eigenvalue weighted by molar-refractivity contribution is 0.0514. The summed E-state index contributed by atoms with van der Waals surface area (Å²) in [7, 11) is 0. The van der Waals surface area contributed by atoms with Crippen LogP contribution in [-0.4, -0.2) is 31.1 Å². The number of nitrogens with one attached hydrogen (secondary N) is 1. The summed E-state index contributed by atoms with van der Waals surface area (Å²) < 4.78 is 11.8. The van der Waals surface area contributed by atoms with Crippen molar-refractivity contribution in [1.29, 1.82) is 0 Å². The Morgan fingerprint density at radius 3 is 2.21 bits per heavy atom. The molecule has 2 aromatic heterocycles. The molecule has 0 aliphatic carbocycles. The Morgan fingerprint density at radius 1 is 0.762 bits per heavy atom. The van der Waals surface area contributed by atoms with Crippen LogP contribution in [0.25, 0.3) is 10.1 Å². The van der Waals surface area contributed by atoms with E-state index in [-0.39, 0.29) is 34.6 Å². The molecule has 0 radical (unpaired) electrons. The number of benzene rings is 3. The zero-order valence-electron chi connectivity index (χ0n) is 23.7. The molecule has 0 bridgehead atoms. The zero-order chi connectivity index (χ0) is 29.6. The molecule has 0 saturated heterocycles. The zero-order valence-corrected chi connectivity index (χ0v) is 25.3. The summed E-state index contributed by atoms with van der Waals surface area (Å²) in [5, 5.41) is 4.23. The molecule has 3 aromatic carbocycles. The molecular formula is C34H31NO5S2. The van der Waals surface area contributed by atoms with Gasteiger partial charge < -0.3 is 14.8 Å². The van der Waals surface area contributed by atoms with E-state index in [1.165, 1.54) is 16.9 Å². The largest absolute Gasteiger partial charge is 0.462 e. The van der Waals surface area contributed by atoms with Crippen molar-refractivity contribution < 1.29 is 23.9 Å². The van der Waals surface area contributed by atoms with Gasteiger partial charge in [-0.2, -0.15) is 0 Å². The highest BCUT2D eigenvalue weighted by Gasteiger charge is 2.29. The van der Waals surface area contributed by atoms with Gasteiger partial charge in [0.15, 0.2) is 0 Å². The summed E-state index contributed by atoms with van der Waals surface area (Å²) in [5.74, 6) is -1.48. The average Bonchev–Trinajstić information content (AvgIpc) is 3.52. The smallest absolute Gasteiger partial charge is 0.348 e. The van der Waals surface area contributed by atoms with Crippen molar-refractivity contribution in [1.82, 2.24) is 0 Å². The topological polar surface area (TPSA) is 81.7 Å². The number of ether oxygens (including phenoxy) is 2. The number of carbonyl (C=O) groups is 3. The van der Waals surface area contributed by atoms with E-state index in [0.29, 0.717) is 23.3 Å². The van der Waals surface area contributed by atoms with Crippen LogP contribution in [0.2, 0.25) is 0 Å². The summed E-state index contributed by atoms with van der Waals surface area (Å²) in [5.41, 5.74) is 4.83. The van der Waals surface area contributed by atoms with Crippen LogP contribution < -0.4 is 5.32 Å². The maximum Gasteiger partial charge on any atom is 0.348 e. The van der Waals surface area contributed by atoms with Gasteiger partial charge in [-0.15, -0.1) is 22.7 Å². The summed E-state index contributed by atoms with van der Waals surface area (Å²) in [6.45, 7) is 5.79. The van der Waals surface area contributed by atoms with Gasteiger partial charge in [0.25, 0.3) is 5.91 Å². The third kappa shape index (κ3) is 6.45. The van der Waals surface area contributed by atoms with Crippen molar-refractivity contribution in [3.63, 3.8) is 0 Å². The van der Waals surface area contributed by atoms with E-state index in [9.17, 15) is 14.4 Å². The highest BCUT2D eigenvalue weighted by atomic mass is 32.1. The number of hydrogen-bond donors (Lipinski definition) is 1. The first-order valence-electron chi connectivity index (χ1n) is 13.7. The first-order chi connectivity index (χ1) is 20.4. The van der Waals surface area contributed by atoms with Gasteiger partial charge in [-0.05, 0) is 60.9 Å². The van der Waals surface area contributed by atoms with Crippen LogP contribution in [0.5, 0.6) is 0 Å². The van der Waals surface area contributed by atoms with Gasteiger partial charge in [-0.25, -0.2) is 9.59 Å². The molecule has 0 saturated carbocycles. The molecule has 8 heteroatoms. The Hall–Kier alpha value is -4.27. The fourth-order valence-electron chi connectivity index (χ4n) is 4.74. The second-order valence-corrected chi connectivity index (χ2v) is 11.9. The molecule has 0 unspecified atom stereocenters. The van der Waals surface area contributed by atoms with E-state index >= 15 is 0 Å². The summed E-state index contributed by atoms with van der Waals surface area (Å²) in [6, 6.07) is 25.9. The molecule has 1 amide bonds. The number of fused-ring (bicyclic) bond motifs is 1. The van der Waals surface area contributed by atoms with Gasteiger partial charge in [0, 0.05) is 11.1 Å². The maximum atomic E-state index is 13.8. The van der Waals surface area contributed by atoms with Crippen molar-refractivity contribution in [2.45, 2.75) is 33.6 Å². The maximum absolute atomic E-state index is 13.8. The van der Waals surface area contributed by atoms with E-state index in [0.717, 1.165) is 38.1 Å². The Balaban J connectivity index is 1.44. The van der Waals surface area contributed by atoms with E-state index < -0.39 is 11.9 Å². The number of amides is 1. The quantitative estimate of drug-likeness (QED) is 0.165. The van der Waals surface area contributed by atoms with Gasteiger partial charge >= 0.3 is 11.9 Å². The minimum atomic E-state index is -0.596. The number of aryl methyl sites for hydroxylation is 1. The number of hydrogen-bond acceptors (Lipinski definition) is 7. The predicted octanol–water partition coefficient (Wildman–Crippen LogP) is 8.00. The lowest BCUT2D eigenvalue weighted by Gasteiger charge is -2.09. The number of rotatable bonds is 10. The second kappa shape index (κ2) is 13.1. The van der Waals surface area contributed by atoms with Crippen LogP contribution in [0.15, 0.2) is 78.9 Å². The van der Waals surface area contributed by atoms with Crippen LogP contribution in [0.1, 0.15) is 64.4 Å². The molecule has 0 aliphatic rings. The number of anilines is 1. The molecule has 0 aliphatic heterocycles. The average molecular weight is 598 g/mol. The Morgan fingerprint density at radius 2 is 1.48 bits per heavy atom. The molecule has 1 N–H and O–H groups in total. The number of esters is 2. The Kier molecular flexibility index (Phi) is 9.15. The standard InChI is InChI=1S/C34H31NO5S2/c1-4-39-33(37)28-22(3)29(34(38)40-19-18-23-10-6-5-7-11-23)42-32(28)35-31(36)30-26(20-24-16-14-21(2)15-17-24)25-12-8-9-13-27(25)41-30/h5-17H,4,18-20H2,1-3H3,(H,35,36). The van der Waals surface area contributed by atoms with Gasteiger partial charge in [-0.3, -0.25) is 4.79 Å². The van der Waals surface area contributed by atoms with Crippen molar-refractivity contribution in [2.75, 3.05) is 18.5 Å². The van der Waals surface area contributed by atoms with Crippen LogP contribution >= 0.6 is 22.7 Å². The van der Waals surface area contributed by atoms with E-state index in [2.05, 4.69) is 29.6 Å². The predicted molar refractivity (Wildman–Crippen MR) is 169 cm³/mol. The van der Waals surface area contributed by atoms with Crippen molar-refractivity contribution in [2.24, 2.45) is 0 Å². The third-order valence-electron chi connectivity index (χ3n) is 6.91. The summed E-state index contributed by atoms with van der Waals surface area (Å²) in [6.07, 6.45) is 1.15. The fraction of sp³-hybridized carbons (Fsp3) is 0.206. The number of thiophene rings is 2. The first-order valence-corrected chi connectivity index (χ1v) is 15.4. The summed E-state index contributed by atoms with van der Waals surface area (Å²) >= 11 is 2.44. The molecule has 214 valence electrons. The third-order valence-corrected chi connectivity index (χ3v) is 9.31. The highest BCUT2D eigenvalue weighted by molar-refractivity contribution is 7.21. The minimum Gasteiger partial charge on any atom is -0.462 e. The lowest BCUT2D eigenvalue weighted by atomic mass is 10.0. The Bertz CT molecular complexity index is 1740. The molecule has 0 fully saturated rings. The molecule has 5 aromatic rings. The first kappa shape index (κ1) is 29.2. The molecule has 42 heavy (non-hydrogen) atoms. The molecule has 2 heterocycles. The second-order valence-electron chi connectivity index (χ2n) is 9.87. The van der Waals surface area contributed by atoms with Crippen LogP contribution in [0, 0.1) is 13.8 Å². The van der Waals surface area contributed by atoms with Crippen molar-refractivity contribution in [3.05, 3.63) is 122 Å². The molecule has 5 rings (SSSR count). The normalized spacial score (nSPS) is 10.9. The van der Waals surface area contributed by atoms with Gasteiger partial charge in [0.2, 0.25) is 0 Å². The van der Waals surface area contributed by atoms with E-state index in [1.807, 2.05) is 61.5 Å². The van der Waals surface area contributed by atoms with Crippen molar-refractivity contribution >= 4 is 55.6 Å². The molecular weight excluding hydrogens is 567 g/mol. The van der Waals surface area contributed by atoms with E-state index in [1.54, 1.807) is 13.8 Å². The highest BCUT2D eigenvalue weighted by Crippen LogP contribution is 2.37. The van der Waals surface area contributed by atoms with Crippen LogP contribution in [0.3, 0.4) is 0 Å². The minimum absolute atomic E-state index is 0.162. The summed E-state index contributed by atoms with van der Waals surface area (Å²) in [4.78, 5) is 40.7. The SMILES string of the molecule is CCOC(=O)c1c(NC(=O)c2sc3ccccc3c2Cc2ccc(C)cc2)sc(C(=O)OCCc2ccccc2)c1C. The van der Waals surface area contributed by atoms with Gasteiger partial charge in [-0.1, -0.05) is 78.4 Å². The monoisotopic (exact) mass is 597 g/mol. The molecule has 6 nitrogen and oxygen atoms in total. The van der Waals surface area contributed by atoms with Crippen LogP contribution in [0.4, 0.5) is 5.00 Å². The van der Waals surface area contributed by atoms with E-state index in [4.69, 9.17) is 9.47 Å². The van der Waals surface area contributed by atoms with Crippen molar-refractivity contribution in [3.8, 4) is 0 Å². The molecule has 0 atom stereocenters.